The summed E-state index contributed by atoms with van der Waals surface area (Å²) in [6, 6.07) is 5.57. The molecule has 0 aliphatic carbocycles. The molecule has 2 aromatic carbocycles. The summed E-state index contributed by atoms with van der Waals surface area (Å²) in [5.41, 5.74) is -2.65. The first-order chi connectivity index (χ1) is 11.1. The SMILES string of the molecule is O=C([O-])c1cc(Oc2cccc(C(F)(F)F)c2Cl)ccc1[N+](=O)[O-].[Na+]. The molecule has 25 heavy (non-hydrogen) atoms. The minimum atomic E-state index is -4.71. The van der Waals surface area contributed by atoms with Crippen molar-refractivity contribution in [3.8, 4) is 11.5 Å². The van der Waals surface area contributed by atoms with Gasteiger partial charge in [0.15, 0.2) is 0 Å². The van der Waals surface area contributed by atoms with Crippen LogP contribution in [0.4, 0.5) is 18.9 Å². The number of benzene rings is 2. The fourth-order valence-electron chi connectivity index (χ4n) is 1.84. The van der Waals surface area contributed by atoms with Crippen molar-refractivity contribution in [2.45, 2.75) is 6.18 Å². The Hall–Kier alpha value is -1.81. The first kappa shape index (κ1) is 21.2. The monoisotopic (exact) mass is 383 g/mol. The van der Waals surface area contributed by atoms with Gasteiger partial charge in [-0.15, -0.1) is 0 Å². The fraction of sp³-hybridized carbons (Fsp3) is 0.0714. The Bertz CT molecular complexity index is 829. The van der Waals surface area contributed by atoms with E-state index in [9.17, 15) is 33.2 Å². The molecule has 2 aromatic rings. The number of hydrogen-bond acceptors (Lipinski definition) is 5. The zero-order valence-electron chi connectivity index (χ0n) is 12.5. The number of hydrogen-bond donors (Lipinski definition) is 0. The molecule has 0 amide bonds. The minimum absolute atomic E-state index is 0. The maximum atomic E-state index is 12.8. The van der Waals surface area contributed by atoms with Crippen molar-refractivity contribution >= 4 is 23.3 Å². The first-order valence-electron chi connectivity index (χ1n) is 6.14. The molecule has 0 aromatic heterocycles. The predicted molar refractivity (Wildman–Crippen MR) is 74.0 cm³/mol. The Morgan fingerprint density at radius 1 is 1.20 bits per heavy atom. The van der Waals surface area contributed by atoms with Gasteiger partial charge in [0, 0.05) is 6.07 Å². The van der Waals surface area contributed by atoms with E-state index in [0.29, 0.717) is 0 Å². The van der Waals surface area contributed by atoms with Crippen LogP contribution in [0.25, 0.3) is 0 Å². The number of halogens is 4. The minimum Gasteiger partial charge on any atom is -0.545 e. The van der Waals surface area contributed by atoms with Gasteiger partial charge in [-0.1, -0.05) is 17.7 Å². The van der Waals surface area contributed by atoms with Crippen LogP contribution >= 0.6 is 11.6 Å². The Balaban J connectivity index is 0.00000312. The van der Waals surface area contributed by atoms with Gasteiger partial charge in [-0.25, -0.2) is 0 Å². The number of alkyl halides is 3. The summed E-state index contributed by atoms with van der Waals surface area (Å²) >= 11 is 5.65. The van der Waals surface area contributed by atoms with E-state index in [-0.39, 0.29) is 41.1 Å². The van der Waals surface area contributed by atoms with Crippen molar-refractivity contribution < 1.29 is 62.3 Å². The van der Waals surface area contributed by atoms with Gasteiger partial charge in [-0.2, -0.15) is 13.2 Å². The standard InChI is InChI=1S/C14H7ClF3NO5.Na/c15-12-9(14(16,17)18)2-1-3-11(12)24-7-4-5-10(19(22)23)8(6-7)13(20)21;/h1-6H,(H,20,21);/q;+1/p-1. The van der Waals surface area contributed by atoms with E-state index in [1.807, 2.05) is 0 Å². The van der Waals surface area contributed by atoms with E-state index in [0.717, 1.165) is 36.4 Å². The summed E-state index contributed by atoms with van der Waals surface area (Å²) in [5.74, 6) is -2.46. The number of carbonyl (C=O) groups excluding carboxylic acids is 1. The summed E-state index contributed by atoms with van der Waals surface area (Å²) < 4.78 is 43.5. The third-order valence-corrected chi connectivity index (χ3v) is 3.27. The molecule has 0 unspecified atom stereocenters. The van der Waals surface area contributed by atoms with Crippen LogP contribution in [-0.2, 0) is 6.18 Å². The Morgan fingerprint density at radius 2 is 1.84 bits per heavy atom. The van der Waals surface area contributed by atoms with Crippen LogP contribution in [0.2, 0.25) is 5.02 Å². The molecule has 0 fully saturated rings. The Morgan fingerprint density at radius 3 is 2.36 bits per heavy atom. The van der Waals surface area contributed by atoms with Crippen LogP contribution in [0.5, 0.6) is 11.5 Å². The van der Waals surface area contributed by atoms with Gasteiger partial charge >= 0.3 is 35.7 Å². The second-order valence-electron chi connectivity index (χ2n) is 4.44. The molecule has 0 N–H and O–H groups in total. The van der Waals surface area contributed by atoms with Gasteiger partial charge in [-0.05, 0) is 24.3 Å². The molecular formula is C14H6ClF3NNaO5. The number of ether oxygens (including phenoxy) is 1. The van der Waals surface area contributed by atoms with E-state index >= 15 is 0 Å². The zero-order chi connectivity index (χ0) is 18.1. The molecule has 0 bridgehead atoms. The van der Waals surface area contributed by atoms with Gasteiger partial charge in [0.25, 0.3) is 5.69 Å². The molecule has 0 saturated carbocycles. The van der Waals surface area contributed by atoms with Gasteiger partial charge in [0.2, 0.25) is 0 Å². The van der Waals surface area contributed by atoms with E-state index in [4.69, 9.17) is 16.3 Å². The molecule has 6 nitrogen and oxygen atoms in total. The largest absolute Gasteiger partial charge is 1.00 e. The zero-order valence-corrected chi connectivity index (χ0v) is 15.2. The maximum Gasteiger partial charge on any atom is 1.00 e. The third-order valence-electron chi connectivity index (χ3n) is 2.88. The van der Waals surface area contributed by atoms with Gasteiger partial charge in [-0.3, -0.25) is 10.1 Å². The van der Waals surface area contributed by atoms with Crippen LogP contribution in [0, 0.1) is 10.1 Å². The average molecular weight is 384 g/mol. The van der Waals surface area contributed by atoms with E-state index in [1.165, 1.54) is 0 Å². The van der Waals surface area contributed by atoms with Crippen LogP contribution in [0.3, 0.4) is 0 Å². The number of nitro benzene ring substituents is 1. The predicted octanol–water partition coefficient (Wildman–Crippen LogP) is 0.427. The topological polar surface area (TPSA) is 92.5 Å². The van der Waals surface area contributed by atoms with Crippen LogP contribution in [0.1, 0.15) is 15.9 Å². The molecule has 0 spiro atoms. The van der Waals surface area contributed by atoms with E-state index in [2.05, 4.69) is 0 Å². The van der Waals surface area contributed by atoms with Gasteiger partial charge in [0.05, 0.1) is 27.0 Å². The number of carboxylic acids is 1. The molecular weight excluding hydrogens is 378 g/mol. The van der Waals surface area contributed by atoms with E-state index < -0.39 is 38.9 Å². The molecule has 0 saturated heterocycles. The number of nitro groups is 1. The van der Waals surface area contributed by atoms with Crippen molar-refractivity contribution in [1.29, 1.82) is 0 Å². The number of carboxylic acid groups (broad SMARTS) is 1. The van der Waals surface area contributed by atoms with Crippen molar-refractivity contribution in [1.82, 2.24) is 0 Å². The second-order valence-corrected chi connectivity index (χ2v) is 4.82. The van der Waals surface area contributed by atoms with E-state index in [1.54, 1.807) is 0 Å². The van der Waals surface area contributed by atoms with Crippen molar-refractivity contribution in [2.24, 2.45) is 0 Å². The summed E-state index contributed by atoms with van der Waals surface area (Å²) in [5, 5.41) is 20.9. The maximum absolute atomic E-state index is 12.8. The average Bonchev–Trinajstić information content (AvgIpc) is 2.47. The van der Waals surface area contributed by atoms with Crippen LogP contribution in [0.15, 0.2) is 36.4 Å². The van der Waals surface area contributed by atoms with Gasteiger partial charge in [0.1, 0.15) is 11.5 Å². The van der Waals surface area contributed by atoms with Crippen LogP contribution < -0.4 is 39.4 Å². The number of carbonyl (C=O) groups is 1. The summed E-state index contributed by atoms with van der Waals surface area (Å²) in [4.78, 5) is 20.7. The summed E-state index contributed by atoms with van der Waals surface area (Å²) in [6.07, 6.45) is -4.71. The molecule has 126 valence electrons. The summed E-state index contributed by atoms with van der Waals surface area (Å²) in [7, 11) is 0. The number of rotatable bonds is 4. The first-order valence-corrected chi connectivity index (χ1v) is 6.52. The Labute approximate surface area is 165 Å². The molecule has 2 rings (SSSR count). The Kier molecular flexibility index (Phi) is 6.83. The third kappa shape index (κ3) is 4.85. The molecule has 0 atom stereocenters. The molecule has 0 aliphatic heterocycles. The normalized spacial score (nSPS) is 10.7. The second kappa shape index (κ2) is 8.05. The van der Waals surface area contributed by atoms with Crippen molar-refractivity contribution in [3.05, 3.63) is 62.7 Å². The molecule has 11 heteroatoms. The smallest absolute Gasteiger partial charge is 0.545 e. The van der Waals surface area contributed by atoms with Gasteiger partial charge < -0.3 is 14.6 Å². The van der Waals surface area contributed by atoms with Crippen molar-refractivity contribution in [2.75, 3.05) is 0 Å². The van der Waals surface area contributed by atoms with Crippen molar-refractivity contribution in [3.63, 3.8) is 0 Å². The quantitative estimate of drug-likeness (QED) is 0.433. The molecule has 0 radical (unpaired) electrons. The number of nitrogens with zero attached hydrogens (tertiary/aromatic N) is 1. The summed E-state index contributed by atoms with van der Waals surface area (Å²) in [6.45, 7) is 0. The molecule has 0 heterocycles. The van der Waals surface area contributed by atoms with Crippen LogP contribution in [-0.4, -0.2) is 10.9 Å². The fourth-order valence-corrected chi connectivity index (χ4v) is 2.11. The molecule has 0 aliphatic rings. The number of aromatic carboxylic acids is 1.